The maximum Gasteiger partial charge on any atom is 0.329 e. The van der Waals surface area contributed by atoms with Crippen molar-refractivity contribution in [1.29, 1.82) is 0 Å². The van der Waals surface area contributed by atoms with Gasteiger partial charge in [-0.25, -0.2) is 10.9 Å². The van der Waals surface area contributed by atoms with Crippen molar-refractivity contribution >= 4 is 5.97 Å². The van der Waals surface area contributed by atoms with E-state index in [0.717, 1.165) is 17.9 Å². The van der Waals surface area contributed by atoms with E-state index in [1.165, 1.54) is 12.8 Å². The minimum Gasteiger partial charge on any atom is -0.472 e. The molecule has 6 heteroatoms. The van der Waals surface area contributed by atoms with Gasteiger partial charge in [-0.05, 0) is 43.9 Å². The Morgan fingerprint density at radius 3 is 3.00 bits per heavy atom. The summed E-state index contributed by atoms with van der Waals surface area (Å²) in [4.78, 5) is 11.9. The summed E-state index contributed by atoms with van der Waals surface area (Å²) in [6.07, 6.45) is 3.03. The smallest absolute Gasteiger partial charge is 0.329 e. The van der Waals surface area contributed by atoms with Crippen LogP contribution in [0.4, 0.5) is 0 Å². The summed E-state index contributed by atoms with van der Waals surface area (Å²) in [5.41, 5.74) is 9.26. The molecular weight excluding hydrogens is 294 g/mol. The molecule has 1 aromatic rings. The number of hydrogen-bond donors (Lipinski definition) is 3. The largest absolute Gasteiger partial charge is 0.472 e. The highest BCUT2D eigenvalue weighted by atomic mass is 16.5. The number of rotatable bonds is 5. The maximum atomic E-state index is 11.9. The van der Waals surface area contributed by atoms with Gasteiger partial charge in [0.1, 0.15) is 5.75 Å². The molecule has 0 radical (unpaired) electrons. The summed E-state index contributed by atoms with van der Waals surface area (Å²) in [7, 11) is 0. The number of hydrazine groups is 2. The Kier molecular flexibility index (Phi) is 5.13. The molecular formula is C17H21N3O3. The van der Waals surface area contributed by atoms with Crippen LogP contribution < -0.4 is 21.1 Å². The third-order valence-electron chi connectivity index (χ3n) is 3.70. The second kappa shape index (κ2) is 7.47. The Morgan fingerprint density at radius 1 is 1.35 bits per heavy atom. The second-order valence-electron chi connectivity index (χ2n) is 5.66. The molecule has 1 aliphatic heterocycles. The van der Waals surface area contributed by atoms with E-state index in [-0.39, 0.29) is 5.97 Å². The minimum atomic E-state index is -0.612. The predicted octanol–water partition coefficient (Wildman–Crippen LogP) is 1.09. The van der Waals surface area contributed by atoms with Gasteiger partial charge < -0.3 is 9.47 Å². The molecule has 2 unspecified atom stereocenters. The number of ether oxygens (including phenoxy) is 2. The van der Waals surface area contributed by atoms with Gasteiger partial charge >= 0.3 is 5.97 Å². The van der Waals surface area contributed by atoms with E-state index in [2.05, 4.69) is 28.2 Å². The van der Waals surface area contributed by atoms with Crippen molar-refractivity contribution in [2.75, 3.05) is 6.61 Å². The first kappa shape index (κ1) is 15.8. The first-order valence-electron chi connectivity index (χ1n) is 7.94. The van der Waals surface area contributed by atoms with Crippen LogP contribution in [0.1, 0.15) is 31.7 Å². The van der Waals surface area contributed by atoms with Crippen molar-refractivity contribution in [2.45, 2.75) is 38.5 Å². The van der Waals surface area contributed by atoms with Gasteiger partial charge in [-0.2, -0.15) is 5.53 Å². The summed E-state index contributed by atoms with van der Waals surface area (Å²) in [6, 6.07) is 6.95. The topological polar surface area (TPSA) is 71.6 Å². The molecule has 2 fully saturated rings. The van der Waals surface area contributed by atoms with E-state index in [0.29, 0.717) is 12.4 Å². The quantitative estimate of drug-likeness (QED) is 0.558. The lowest BCUT2D eigenvalue weighted by Gasteiger charge is -2.18. The highest BCUT2D eigenvalue weighted by molar-refractivity contribution is 5.76. The zero-order valence-corrected chi connectivity index (χ0v) is 13.1. The predicted molar refractivity (Wildman–Crippen MR) is 84.9 cm³/mol. The number of carbonyl (C=O) groups is 1. The van der Waals surface area contributed by atoms with Crippen LogP contribution in [0.2, 0.25) is 0 Å². The van der Waals surface area contributed by atoms with Crippen LogP contribution in [-0.2, 0) is 9.53 Å². The van der Waals surface area contributed by atoms with E-state index >= 15 is 0 Å². The fourth-order valence-corrected chi connectivity index (χ4v) is 2.27. The Bertz CT molecular complexity index is 619. The van der Waals surface area contributed by atoms with Gasteiger partial charge in [0.05, 0.1) is 6.61 Å². The lowest BCUT2D eigenvalue weighted by atomic mass is 10.2. The van der Waals surface area contributed by atoms with Crippen molar-refractivity contribution in [1.82, 2.24) is 16.4 Å². The zero-order chi connectivity index (χ0) is 16.1. The van der Waals surface area contributed by atoms with E-state index < -0.39 is 12.3 Å². The first-order valence-corrected chi connectivity index (χ1v) is 7.94. The molecule has 3 N–H and O–H groups in total. The molecule has 1 aliphatic carbocycles. The monoisotopic (exact) mass is 315 g/mol. The number of hydrogen-bond acceptors (Lipinski definition) is 6. The molecule has 1 saturated carbocycles. The molecule has 6 nitrogen and oxygen atoms in total. The Balaban J connectivity index is 1.62. The molecule has 0 spiro atoms. The molecule has 1 saturated heterocycles. The van der Waals surface area contributed by atoms with Crippen LogP contribution in [0, 0.1) is 17.8 Å². The summed E-state index contributed by atoms with van der Waals surface area (Å²) >= 11 is 0. The normalized spacial score (nSPS) is 23.0. The van der Waals surface area contributed by atoms with Crippen molar-refractivity contribution in [3.63, 3.8) is 0 Å². The third kappa shape index (κ3) is 4.45. The van der Waals surface area contributed by atoms with E-state index in [9.17, 15) is 4.79 Å². The van der Waals surface area contributed by atoms with Crippen LogP contribution in [-0.4, -0.2) is 24.8 Å². The van der Waals surface area contributed by atoms with Crippen LogP contribution in [0.25, 0.3) is 0 Å². The average Bonchev–Trinajstić information content (AvgIpc) is 3.25. The van der Waals surface area contributed by atoms with Crippen molar-refractivity contribution in [3.05, 3.63) is 29.8 Å². The average molecular weight is 315 g/mol. The lowest BCUT2D eigenvalue weighted by molar-refractivity contribution is -0.147. The summed E-state index contributed by atoms with van der Waals surface area (Å²) < 4.78 is 10.8. The van der Waals surface area contributed by atoms with Gasteiger partial charge in [0.25, 0.3) is 0 Å². The van der Waals surface area contributed by atoms with Crippen molar-refractivity contribution in [2.24, 2.45) is 5.92 Å². The third-order valence-corrected chi connectivity index (χ3v) is 3.70. The maximum absolute atomic E-state index is 11.9. The first-order chi connectivity index (χ1) is 11.3. The van der Waals surface area contributed by atoms with Gasteiger partial charge in [0.15, 0.2) is 12.3 Å². The summed E-state index contributed by atoms with van der Waals surface area (Å²) in [6.45, 7) is 2.10. The summed E-state index contributed by atoms with van der Waals surface area (Å²) in [5.74, 6) is 7.46. The minimum absolute atomic E-state index is 0.329. The van der Waals surface area contributed by atoms with Gasteiger partial charge in [-0.3, -0.25) is 4.79 Å². The second-order valence-corrected chi connectivity index (χ2v) is 5.66. The molecule has 1 aromatic carbocycles. The molecule has 0 bridgehead atoms. The Hall–Kier alpha value is -2.07. The van der Waals surface area contributed by atoms with Crippen LogP contribution in [0.15, 0.2) is 24.3 Å². The molecule has 122 valence electrons. The SMILES string of the molecule is CCOC(=O)C1NNNC1Oc1cccc(C#CCC2CC2)c1. The van der Waals surface area contributed by atoms with E-state index in [4.69, 9.17) is 9.47 Å². The molecule has 2 atom stereocenters. The highest BCUT2D eigenvalue weighted by Crippen LogP contribution is 2.31. The molecule has 23 heavy (non-hydrogen) atoms. The summed E-state index contributed by atoms with van der Waals surface area (Å²) in [5, 5.41) is 0. The van der Waals surface area contributed by atoms with Crippen molar-refractivity contribution < 1.29 is 14.3 Å². The van der Waals surface area contributed by atoms with Crippen molar-refractivity contribution in [3.8, 4) is 17.6 Å². The Labute approximate surface area is 135 Å². The number of carbonyl (C=O) groups excluding carboxylic acids is 1. The fraction of sp³-hybridized carbons (Fsp3) is 0.471. The number of nitrogens with one attached hydrogen (secondary N) is 3. The molecule has 2 aliphatic rings. The number of benzene rings is 1. The van der Waals surface area contributed by atoms with Gasteiger partial charge in [0, 0.05) is 12.0 Å². The van der Waals surface area contributed by atoms with Gasteiger partial charge in [0.2, 0.25) is 0 Å². The zero-order valence-electron chi connectivity index (χ0n) is 13.1. The van der Waals surface area contributed by atoms with E-state index in [1.54, 1.807) is 6.92 Å². The van der Waals surface area contributed by atoms with Crippen LogP contribution in [0.3, 0.4) is 0 Å². The van der Waals surface area contributed by atoms with Crippen LogP contribution in [0.5, 0.6) is 5.75 Å². The molecule has 3 rings (SSSR count). The van der Waals surface area contributed by atoms with Gasteiger partial charge in [-0.15, -0.1) is 0 Å². The molecule has 0 amide bonds. The Morgan fingerprint density at radius 2 is 2.22 bits per heavy atom. The molecule has 1 heterocycles. The molecule has 0 aromatic heterocycles. The lowest BCUT2D eigenvalue weighted by Crippen LogP contribution is -2.45. The van der Waals surface area contributed by atoms with E-state index in [1.807, 2.05) is 24.3 Å². The number of esters is 1. The standard InChI is InChI=1S/C17H21N3O3/c1-2-22-17(21)15-16(19-20-18-15)23-14-8-4-7-13(11-14)6-3-5-12-9-10-12/h4,7-8,11-12,15-16,18-20H,2,5,9-10H2,1H3. The fourth-order valence-electron chi connectivity index (χ4n) is 2.27. The van der Waals surface area contributed by atoms with Gasteiger partial charge in [-0.1, -0.05) is 17.9 Å². The van der Waals surface area contributed by atoms with Crippen LogP contribution >= 0.6 is 0 Å². The highest BCUT2D eigenvalue weighted by Gasteiger charge is 2.35.